The highest BCUT2D eigenvalue weighted by Crippen LogP contribution is 2.66. The van der Waals surface area contributed by atoms with Gasteiger partial charge in [-0.2, -0.15) is 0 Å². The molecule has 0 aromatic heterocycles. The summed E-state index contributed by atoms with van der Waals surface area (Å²) in [7, 11) is 0. The van der Waals surface area contributed by atoms with Crippen molar-refractivity contribution in [1.82, 2.24) is 0 Å². The zero-order valence-electron chi connectivity index (χ0n) is 43.5. The molecule has 4 aliphatic carbocycles. The van der Waals surface area contributed by atoms with Crippen LogP contribution >= 0.6 is 11.8 Å². The van der Waals surface area contributed by atoms with Crippen molar-refractivity contribution in [3.8, 4) is 0 Å². The van der Waals surface area contributed by atoms with Crippen LogP contribution in [0.25, 0.3) is 0 Å². The van der Waals surface area contributed by atoms with Gasteiger partial charge in [-0.15, -0.1) is 11.8 Å². The fourth-order valence-corrected chi connectivity index (χ4v) is 16.6. The van der Waals surface area contributed by atoms with Gasteiger partial charge in [0.15, 0.2) is 0 Å². The molecule has 2 nitrogen and oxygen atoms in total. The molecule has 65 heavy (non-hydrogen) atoms. The van der Waals surface area contributed by atoms with Crippen molar-refractivity contribution in [3.05, 3.63) is 110 Å². The second kappa shape index (κ2) is 13.4. The average molecular weight is 883 g/mol. The summed E-state index contributed by atoms with van der Waals surface area (Å²) in [6, 6.07) is 26.0. The van der Waals surface area contributed by atoms with E-state index in [1.165, 1.54) is 107 Å². The smallest absolute Gasteiger partial charge is 0.259 e. The van der Waals surface area contributed by atoms with Gasteiger partial charge in [-0.25, -0.2) is 0 Å². The van der Waals surface area contributed by atoms with E-state index in [2.05, 4.69) is 200 Å². The Hall–Kier alpha value is -3.37. The molecule has 4 aromatic carbocycles. The van der Waals surface area contributed by atoms with Gasteiger partial charge in [0.05, 0.1) is 0 Å². The predicted molar refractivity (Wildman–Crippen MR) is 284 cm³/mol. The number of thioether (sulfide) groups is 1. The van der Waals surface area contributed by atoms with Crippen LogP contribution in [0.1, 0.15) is 201 Å². The fourth-order valence-electron chi connectivity index (χ4n) is 14.5. The van der Waals surface area contributed by atoms with Crippen molar-refractivity contribution < 1.29 is 0 Å². The number of rotatable bonds is 2. The van der Waals surface area contributed by atoms with Crippen LogP contribution < -0.4 is 20.7 Å². The number of benzene rings is 4. The van der Waals surface area contributed by atoms with Gasteiger partial charge in [-0.3, -0.25) is 0 Å². The third-order valence-electron chi connectivity index (χ3n) is 19.4. The Balaban J connectivity index is 1.25. The minimum Gasteiger partial charge on any atom is -0.314 e. The summed E-state index contributed by atoms with van der Waals surface area (Å²) >= 11 is 2.29. The Morgan fingerprint density at radius 2 is 0.862 bits per heavy atom. The largest absolute Gasteiger partial charge is 0.314 e. The van der Waals surface area contributed by atoms with Crippen LogP contribution in [0.2, 0.25) is 0 Å². The number of aryl methyl sites for hydroxylation is 1. The first-order valence-electron chi connectivity index (χ1n) is 25.7. The molecule has 3 aliphatic heterocycles. The van der Waals surface area contributed by atoms with Gasteiger partial charge in [-0.1, -0.05) is 129 Å². The molecule has 3 heterocycles. The lowest BCUT2D eigenvalue weighted by Crippen LogP contribution is -2.56. The van der Waals surface area contributed by atoms with Crippen molar-refractivity contribution in [2.24, 2.45) is 16.7 Å². The second-order valence-corrected chi connectivity index (χ2v) is 29.0. The van der Waals surface area contributed by atoms with E-state index in [0.717, 1.165) is 0 Å². The molecule has 4 aromatic rings. The van der Waals surface area contributed by atoms with Crippen LogP contribution in [0.5, 0.6) is 0 Å². The summed E-state index contributed by atoms with van der Waals surface area (Å²) in [5, 5.41) is 0.506. The lowest BCUT2D eigenvalue weighted by molar-refractivity contribution is 0.0881. The van der Waals surface area contributed by atoms with Gasteiger partial charge in [0, 0.05) is 45.3 Å². The molecule has 7 aliphatic rings. The highest BCUT2D eigenvalue weighted by molar-refractivity contribution is 8.06. The highest BCUT2D eigenvalue weighted by atomic mass is 32.2. The molecule has 0 spiro atoms. The van der Waals surface area contributed by atoms with Gasteiger partial charge >= 0.3 is 0 Å². The van der Waals surface area contributed by atoms with Crippen LogP contribution in [-0.2, 0) is 32.5 Å². The van der Waals surface area contributed by atoms with E-state index in [0.29, 0.717) is 11.2 Å². The zero-order chi connectivity index (χ0) is 46.6. The molecular formula is C61H79BN2S. The standard InChI is InChI=1S/C61H79BN2S/c1-36-30-47-50-48(31-36)64(38-19-21-40-42(33-38)57(8,9)25-23-55(40,4)5)51-49-52(61(16,17)29-28-60(49,14)15)65-53(51)62(50)45-34-43-44(59(12,13)27-26-58(43,10)11)35-46(45)63(47)37-18-20-39-41(32-37)56(6,7)24-22-54(39,2)3/h18-21,30-35,49,52H,22-29H2,1-17H3. The Morgan fingerprint density at radius 1 is 0.446 bits per heavy atom. The van der Waals surface area contributed by atoms with E-state index in [4.69, 9.17) is 0 Å². The molecule has 4 heteroatoms. The van der Waals surface area contributed by atoms with Crippen LogP contribution in [0.15, 0.2) is 71.2 Å². The number of fused-ring (bicyclic) bond motifs is 8. The lowest BCUT2D eigenvalue weighted by atomic mass is 9.35. The molecule has 0 N–H and O–H groups in total. The summed E-state index contributed by atoms with van der Waals surface area (Å²) in [5.74, 6) is 0.435. The quantitative estimate of drug-likeness (QED) is 0.185. The van der Waals surface area contributed by atoms with E-state index in [-0.39, 0.29) is 50.0 Å². The maximum absolute atomic E-state index is 2.86. The highest BCUT2D eigenvalue weighted by Gasteiger charge is 2.60. The summed E-state index contributed by atoms with van der Waals surface area (Å²) in [4.78, 5) is 7.25. The first-order chi connectivity index (χ1) is 30.1. The fraction of sp³-hybridized carbons (Fsp3) is 0.574. The van der Waals surface area contributed by atoms with Crippen molar-refractivity contribution in [2.75, 3.05) is 9.80 Å². The van der Waals surface area contributed by atoms with Crippen LogP contribution in [0.3, 0.4) is 0 Å². The summed E-state index contributed by atoms with van der Waals surface area (Å²) in [5.41, 5.74) is 23.2. The molecule has 0 bridgehead atoms. The first-order valence-corrected chi connectivity index (χ1v) is 26.6. The van der Waals surface area contributed by atoms with Crippen LogP contribution in [0.4, 0.5) is 28.4 Å². The Bertz CT molecular complexity index is 2750. The number of hydrogen-bond donors (Lipinski definition) is 0. The number of nitrogens with zero attached hydrogens (tertiary/aromatic N) is 2. The Kier molecular flexibility index (Phi) is 9.14. The third kappa shape index (κ3) is 6.25. The summed E-state index contributed by atoms with van der Waals surface area (Å²) in [6.07, 6.45) is 9.81. The van der Waals surface area contributed by atoms with Gasteiger partial charge in [0.2, 0.25) is 0 Å². The van der Waals surface area contributed by atoms with Crippen molar-refractivity contribution in [1.29, 1.82) is 0 Å². The van der Waals surface area contributed by atoms with Crippen LogP contribution in [0, 0.1) is 23.7 Å². The second-order valence-electron chi connectivity index (χ2n) is 27.8. The molecule has 11 rings (SSSR count). The molecule has 0 radical (unpaired) electrons. The number of allylic oxidation sites excluding steroid dienone is 1. The summed E-state index contributed by atoms with van der Waals surface area (Å²) < 4.78 is 0. The molecule has 2 unspecified atom stereocenters. The van der Waals surface area contributed by atoms with E-state index in [1.54, 1.807) is 32.8 Å². The SMILES string of the molecule is Cc1cc2c3c(c1)N(c1ccc4c(c1)C(C)(C)CCC4(C)C)c1cc4c(cc1B3C1=C(C3C(S1)C(C)(C)CCC3(C)C)N2c1ccc2c(c1)C(C)(C)CCC2(C)C)C(C)(C)CCC4(C)C. The minimum absolute atomic E-state index is 0.0964. The normalized spacial score (nSPS) is 27.1. The van der Waals surface area contributed by atoms with Crippen molar-refractivity contribution >= 4 is 57.8 Å². The molecule has 342 valence electrons. The van der Waals surface area contributed by atoms with E-state index in [9.17, 15) is 0 Å². The van der Waals surface area contributed by atoms with Crippen LogP contribution in [-0.4, -0.2) is 12.0 Å². The minimum atomic E-state index is 0.0964. The molecule has 2 atom stereocenters. The molecule has 1 fully saturated rings. The molecule has 0 amide bonds. The Labute approximate surface area is 399 Å². The van der Waals surface area contributed by atoms with Crippen molar-refractivity contribution in [2.45, 2.75) is 207 Å². The maximum atomic E-state index is 2.86. The predicted octanol–water partition coefficient (Wildman–Crippen LogP) is 15.9. The zero-order valence-corrected chi connectivity index (χ0v) is 44.3. The first kappa shape index (κ1) is 44.2. The van der Waals surface area contributed by atoms with E-state index < -0.39 is 0 Å². The van der Waals surface area contributed by atoms with Gasteiger partial charge < -0.3 is 9.80 Å². The topological polar surface area (TPSA) is 6.48 Å². The summed E-state index contributed by atoms with van der Waals surface area (Å²) in [6.45, 7) is 42.9. The van der Waals surface area contributed by atoms with Gasteiger partial charge in [0.1, 0.15) is 0 Å². The molecular weight excluding hydrogens is 804 g/mol. The number of hydrogen-bond acceptors (Lipinski definition) is 3. The van der Waals surface area contributed by atoms with Gasteiger partial charge in [0.25, 0.3) is 6.71 Å². The van der Waals surface area contributed by atoms with E-state index >= 15 is 0 Å². The third-order valence-corrected chi connectivity index (χ3v) is 21.3. The Morgan fingerprint density at radius 3 is 1.37 bits per heavy atom. The van der Waals surface area contributed by atoms with Crippen molar-refractivity contribution in [3.63, 3.8) is 0 Å². The average Bonchev–Trinajstić information content (AvgIpc) is 3.64. The lowest BCUT2D eigenvalue weighted by Gasteiger charge is -2.52. The van der Waals surface area contributed by atoms with E-state index in [1.807, 2.05) is 0 Å². The number of anilines is 5. The monoisotopic (exact) mass is 883 g/mol. The van der Waals surface area contributed by atoms with Gasteiger partial charge in [-0.05, 0) is 199 Å². The molecule has 0 saturated heterocycles. The maximum Gasteiger partial charge on any atom is 0.259 e. The molecule has 1 saturated carbocycles.